The number of carboxylic acids is 1. The van der Waals surface area contributed by atoms with Crippen molar-refractivity contribution in [2.75, 3.05) is 0 Å². The Kier molecular flexibility index (Phi) is 2.97. The molecule has 5 nitrogen and oxygen atoms in total. The summed E-state index contributed by atoms with van der Waals surface area (Å²) in [5, 5.41) is 8.59. The Morgan fingerprint density at radius 1 is 1.26 bits per heavy atom. The molecule has 0 atom stereocenters. The van der Waals surface area contributed by atoms with Gasteiger partial charge in [-0.25, -0.2) is 4.79 Å². The van der Waals surface area contributed by atoms with Crippen LogP contribution in [0.2, 0.25) is 0 Å². The van der Waals surface area contributed by atoms with Gasteiger partial charge in [0, 0.05) is 6.42 Å². The highest BCUT2D eigenvalue weighted by molar-refractivity contribution is 6.16. The smallest absolute Gasteiger partial charge is 0.478 e. The molecule has 0 saturated heterocycles. The summed E-state index contributed by atoms with van der Waals surface area (Å²) in [6.45, 7) is 3.12. The van der Waals surface area contributed by atoms with Crippen LogP contribution in [0.3, 0.4) is 0 Å². The highest BCUT2D eigenvalue weighted by Crippen LogP contribution is 2.41. The lowest BCUT2D eigenvalue weighted by atomic mass is 10.0. The Morgan fingerprint density at radius 2 is 1.89 bits per heavy atom. The van der Waals surface area contributed by atoms with Crippen molar-refractivity contribution in [2.45, 2.75) is 12.7 Å². The van der Waals surface area contributed by atoms with Crippen molar-refractivity contribution in [1.82, 2.24) is 0 Å². The second-order valence-electron chi connectivity index (χ2n) is 3.83. The molecule has 0 bridgehead atoms. The van der Waals surface area contributed by atoms with E-state index < -0.39 is 23.6 Å². The van der Waals surface area contributed by atoms with E-state index in [9.17, 15) is 18.4 Å². The molecule has 1 N–H and O–H groups in total. The first kappa shape index (κ1) is 13.0. The minimum atomic E-state index is -3.73. The van der Waals surface area contributed by atoms with E-state index in [0.29, 0.717) is 5.56 Å². The summed E-state index contributed by atoms with van der Waals surface area (Å²) in [4.78, 5) is 22.0. The molecule has 1 heterocycles. The highest BCUT2D eigenvalue weighted by Gasteiger charge is 2.43. The van der Waals surface area contributed by atoms with Crippen LogP contribution in [0.25, 0.3) is 0 Å². The lowest BCUT2D eigenvalue weighted by molar-refractivity contribution is -0.286. The summed E-state index contributed by atoms with van der Waals surface area (Å²) in [5.74, 6) is -2.47. The molecule has 0 spiro atoms. The molecular formula is C12H8F2O5. The van der Waals surface area contributed by atoms with Crippen molar-refractivity contribution in [3.05, 3.63) is 35.9 Å². The van der Waals surface area contributed by atoms with Crippen molar-refractivity contribution in [3.63, 3.8) is 0 Å². The number of carbonyl (C=O) groups excluding carboxylic acids is 1. The zero-order valence-corrected chi connectivity index (χ0v) is 9.48. The van der Waals surface area contributed by atoms with Gasteiger partial charge in [-0.15, -0.1) is 8.78 Å². The van der Waals surface area contributed by atoms with E-state index in [1.54, 1.807) is 0 Å². The van der Waals surface area contributed by atoms with E-state index >= 15 is 0 Å². The summed E-state index contributed by atoms with van der Waals surface area (Å²) < 4.78 is 33.9. The quantitative estimate of drug-likeness (QED) is 0.512. The van der Waals surface area contributed by atoms with Crippen LogP contribution in [0.1, 0.15) is 5.56 Å². The minimum absolute atomic E-state index is 0.140. The van der Waals surface area contributed by atoms with E-state index in [1.807, 2.05) is 0 Å². The first-order valence-electron chi connectivity index (χ1n) is 5.13. The molecule has 2 rings (SSSR count). The van der Waals surface area contributed by atoms with Crippen molar-refractivity contribution in [3.8, 4) is 11.5 Å². The van der Waals surface area contributed by atoms with E-state index in [-0.39, 0.29) is 17.9 Å². The fourth-order valence-corrected chi connectivity index (χ4v) is 1.51. The van der Waals surface area contributed by atoms with Gasteiger partial charge in [0.2, 0.25) is 0 Å². The molecule has 1 aliphatic heterocycles. The van der Waals surface area contributed by atoms with Crippen LogP contribution in [0, 0.1) is 0 Å². The third kappa shape index (κ3) is 2.70. The maximum atomic E-state index is 12.8. The lowest BCUT2D eigenvalue weighted by Gasteiger charge is -2.04. The molecule has 0 aliphatic carbocycles. The van der Waals surface area contributed by atoms with E-state index in [2.05, 4.69) is 16.1 Å². The molecule has 0 amide bonds. The topological polar surface area (TPSA) is 72.8 Å². The van der Waals surface area contributed by atoms with Gasteiger partial charge in [-0.1, -0.05) is 12.6 Å². The number of ether oxygens (including phenoxy) is 2. The number of carboxylic acid groups (broad SMARTS) is 1. The largest absolute Gasteiger partial charge is 0.586 e. The van der Waals surface area contributed by atoms with Crippen molar-refractivity contribution in [2.24, 2.45) is 0 Å². The molecule has 0 saturated carbocycles. The van der Waals surface area contributed by atoms with E-state index in [0.717, 1.165) is 0 Å². The number of hydrogen-bond donors (Lipinski definition) is 1. The Morgan fingerprint density at radius 3 is 2.53 bits per heavy atom. The monoisotopic (exact) mass is 270 g/mol. The zero-order valence-electron chi connectivity index (χ0n) is 9.48. The average molecular weight is 270 g/mol. The normalized spacial score (nSPS) is 15.1. The standard InChI is InChI=1S/C12H8F2O5/c1-6(11(16)17)8(15)4-7-2-3-9-10(5-7)19-12(13,14)18-9/h2-3,5H,1,4H2,(H,16,17). The van der Waals surface area contributed by atoms with Crippen molar-refractivity contribution in [1.29, 1.82) is 0 Å². The number of hydrogen-bond acceptors (Lipinski definition) is 4. The second kappa shape index (κ2) is 4.34. The highest BCUT2D eigenvalue weighted by atomic mass is 19.3. The molecule has 1 aliphatic rings. The summed E-state index contributed by atoms with van der Waals surface area (Å²) in [7, 11) is 0. The number of ketones is 1. The maximum Gasteiger partial charge on any atom is 0.586 e. The number of benzene rings is 1. The summed E-state index contributed by atoms with van der Waals surface area (Å²) in [6.07, 6.45) is -4.00. The number of rotatable bonds is 4. The van der Waals surface area contributed by atoms with Gasteiger partial charge in [-0.05, 0) is 17.7 Å². The van der Waals surface area contributed by atoms with Gasteiger partial charge >= 0.3 is 12.3 Å². The van der Waals surface area contributed by atoms with Crippen LogP contribution in [0.15, 0.2) is 30.4 Å². The molecule has 0 fully saturated rings. The van der Waals surface area contributed by atoms with Crippen LogP contribution < -0.4 is 9.47 Å². The van der Waals surface area contributed by atoms with Crippen LogP contribution in [-0.4, -0.2) is 23.2 Å². The predicted molar refractivity (Wildman–Crippen MR) is 58.1 cm³/mol. The van der Waals surface area contributed by atoms with E-state index in [4.69, 9.17) is 5.11 Å². The third-order valence-corrected chi connectivity index (χ3v) is 2.43. The molecule has 7 heteroatoms. The number of alkyl halides is 2. The molecule has 19 heavy (non-hydrogen) atoms. The SMILES string of the molecule is C=C(C(=O)O)C(=O)Cc1ccc2c(c1)OC(F)(F)O2. The van der Waals surface area contributed by atoms with Gasteiger partial charge in [0.05, 0.1) is 5.57 Å². The number of carbonyl (C=O) groups is 2. The molecule has 1 aromatic rings. The molecule has 100 valence electrons. The van der Waals surface area contributed by atoms with Crippen LogP contribution >= 0.6 is 0 Å². The summed E-state index contributed by atoms with van der Waals surface area (Å²) in [6, 6.07) is 3.79. The predicted octanol–water partition coefficient (Wildman–Crippen LogP) is 1.76. The van der Waals surface area contributed by atoms with Gasteiger partial charge in [0.15, 0.2) is 17.3 Å². The molecule has 0 aromatic heterocycles. The number of Topliss-reactive ketones (excluding diaryl/α,β-unsaturated/α-hetero) is 1. The number of halogens is 2. The number of fused-ring (bicyclic) bond motifs is 1. The minimum Gasteiger partial charge on any atom is -0.478 e. The molecule has 0 radical (unpaired) electrons. The van der Waals surface area contributed by atoms with Gasteiger partial charge in [0.1, 0.15) is 0 Å². The van der Waals surface area contributed by atoms with Crippen LogP contribution in [0.4, 0.5) is 8.78 Å². The summed E-state index contributed by atoms with van der Waals surface area (Å²) in [5.41, 5.74) is -0.240. The van der Waals surface area contributed by atoms with Crippen LogP contribution in [-0.2, 0) is 16.0 Å². The first-order valence-corrected chi connectivity index (χ1v) is 5.13. The first-order chi connectivity index (χ1) is 8.78. The maximum absolute atomic E-state index is 12.8. The van der Waals surface area contributed by atoms with Gasteiger partial charge in [-0.3, -0.25) is 4.79 Å². The van der Waals surface area contributed by atoms with Crippen molar-refractivity contribution < 1.29 is 33.0 Å². The van der Waals surface area contributed by atoms with Gasteiger partial charge in [0.25, 0.3) is 0 Å². The Hall–Kier alpha value is -2.44. The van der Waals surface area contributed by atoms with Crippen molar-refractivity contribution >= 4 is 11.8 Å². The fourth-order valence-electron chi connectivity index (χ4n) is 1.51. The lowest BCUT2D eigenvalue weighted by Crippen LogP contribution is -2.25. The zero-order chi connectivity index (χ0) is 14.2. The van der Waals surface area contributed by atoms with E-state index in [1.165, 1.54) is 18.2 Å². The number of aliphatic carboxylic acids is 1. The second-order valence-corrected chi connectivity index (χ2v) is 3.83. The Bertz CT molecular complexity index is 579. The molecule has 1 aromatic carbocycles. The summed E-state index contributed by atoms with van der Waals surface area (Å²) >= 11 is 0. The molecular weight excluding hydrogens is 262 g/mol. The molecule has 0 unspecified atom stereocenters. The van der Waals surface area contributed by atoms with Gasteiger partial charge < -0.3 is 14.6 Å². The Balaban J connectivity index is 2.15. The van der Waals surface area contributed by atoms with Crippen LogP contribution in [0.5, 0.6) is 11.5 Å². The average Bonchev–Trinajstić information content (AvgIpc) is 2.60. The third-order valence-electron chi connectivity index (χ3n) is 2.43. The van der Waals surface area contributed by atoms with Gasteiger partial charge in [-0.2, -0.15) is 0 Å². The fraction of sp³-hybridized carbons (Fsp3) is 0.167. The Labute approximate surface area is 106 Å².